The Morgan fingerprint density at radius 3 is 2.67 bits per heavy atom. The first-order chi connectivity index (χ1) is 11.7. The van der Waals surface area contributed by atoms with Gasteiger partial charge in [0.25, 0.3) is 0 Å². The maximum atomic E-state index is 8.87. The molecule has 1 aliphatic rings. The number of piperidine rings is 1. The van der Waals surface area contributed by atoms with Crippen LogP contribution in [0.25, 0.3) is 0 Å². The third-order valence-corrected chi connectivity index (χ3v) is 4.60. The van der Waals surface area contributed by atoms with Crippen molar-refractivity contribution in [2.75, 3.05) is 38.6 Å². The monoisotopic (exact) mass is 324 g/mol. The summed E-state index contributed by atoms with van der Waals surface area (Å²) in [6.45, 7) is 3.96. The largest absolute Gasteiger partial charge is 0.357 e. The van der Waals surface area contributed by atoms with Crippen LogP contribution in [0, 0.1) is 11.3 Å². The summed E-state index contributed by atoms with van der Waals surface area (Å²) in [5, 5.41) is 8.87. The van der Waals surface area contributed by atoms with Crippen molar-refractivity contribution in [1.29, 1.82) is 5.26 Å². The molecule has 0 amide bonds. The number of hydrogen-bond acceptors (Lipinski definition) is 5. The Balaban J connectivity index is 1.61. The van der Waals surface area contributed by atoms with Crippen molar-refractivity contribution in [3.63, 3.8) is 0 Å². The first-order valence-electron chi connectivity index (χ1n) is 8.44. The molecule has 0 aromatic carbocycles. The van der Waals surface area contributed by atoms with Gasteiger partial charge in [-0.1, -0.05) is 0 Å². The highest BCUT2D eigenvalue weighted by atomic mass is 15.2. The molecular formula is C18H24N6. The maximum Gasteiger partial charge on any atom is 0.128 e. The van der Waals surface area contributed by atoms with Crippen molar-refractivity contribution >= 4 is 5.82 Å². The highest BCUT2D eigenvalue weighted by Gasteiger charge is 2.24. The second kappa shape index (κ2) is 7.45. The van der Waals surface area contributed by atoms with E-state index in [2.05, 4.69) is 50.7 Å². The molecule has 6 nitrogen and oxygen atoms in total. The van der Waals surface area contributed by atoms with E-state index in [1.54, 1.807) is 6.20 Å². The molecule has 3 rings (SSSR count). The highest BCUT2D eigenvalue weighted by molar-refractivity contribution is 5.42. The summed E-state index contributed by atoms with van der Waals surface area (Å²) in [6, 6.07) is 5.89. The van der Waals surface area contributed by atoms with Gasteiger partial charge in [0.1, 0.15) is 17.7 Å². The number of nitrogens with zero attached hydrogens (tertiary/aromatic N) is 6. The number of rotatable bonds is 5. The molecule has 3 heterocycles. The maximum absolute atomic E-state index is 8.87. The Labute approximate surface area is 143 Å². The number of aromatic nitrogens is 3. The fraction of sp³-hybridized carbons (Fsp3) is 0.500. The molecule has 0 radical (unpaired) electrons. The predicted molar refractivity (Wildman–Crippen MR) is 93.9 cm³/mol. The minimum Gasteiger partial charge on any atom is -0.357 e. The summed E-state index contributed by atoms with van der Waals surface area (Å²) in [5.41, 5.74) is 0.608. The van der Waals surface area contributed by atoms with Gasteiger partial charge in [-0.3, -0.25) is 0 Å². The molecule has 1 fully saturated rings. The van der Waals surface area contributed by atoms with Crippen molar-refractivity contribution in [3.05, 3.63) is 42.1 Å². The molecule has 0 bridgehead atoms. The molecule has 0 aliphatic carbocycles. The van der Waals surface area contributed by atoms with Gasteiger partial charge in [-0.15, -0.1) is 0 Å². The number of hydrogen-bond donors (Lipinski definition) is 0. The molecule has 1 aliphatic heterocycles. The van der Waals surface area contributed by atoms with Crippen LogP contribution in [-0.2, 0) is 6.54 Å². The first kappa shape index (κ1) is 16.5. The van der Waals surface area contributed by atoms with Crippen LogP contribution in [0.5, 0.6) is 0 Å². The zero-order chi connectivity index (χ0) is 16.9. The van der Waals surface area contributed by atoms with Crippen molar-refractivity contribution < 1.29 is 0 Å². The van der Waals surface area contributed by atoms with Crippen molar-refractivity contribution in [2.45, 2.75) is 25.3 Å². The average molecular weight is 324 g/mol. The quantitative estimate of drug-likeness (QED) is 0.843. The summed E-state index contributed by atoms with van der Waals surface area (Å²) in [7, 11) is 4.19. The van der Waals surface area contributed by atoms with Crippen LogP contribution in [0.1, 0.15) is 30.1 Å². The van der Waals surface area contributed by atoms with Gasteiger partial charge < -0.3 is 14.4 Å². The van der Waals surface area contributed by atoms with Crippen LogP contribution in [0.2, 0.25) is 0 Å². The van der Waals surface area contributed by atoms with Crippen LogP contribution in [-0.4, -0.2) is 53.2 Å². The molecule has 0 saturated carbocycles. The molecule has 0 atom stereocenters. The first-order valence-corrected chi connectivity index (χ1v) is 8.44. The lowest BCUT2D eigenvalue weighted by atomic mass is 9.96. The van der Waals surface area contributed by atoms with E-state index in [1.807, 2.05) is 18.3 Å². The molecule has 1 saturated heterocycles. The smallest absolute Gasteiger partial charge is 0.128 e. The minimum atomic E-state index is 0.511. The second-order valence-electron chi connectivity index (χ2n) is 6.56. The number of likely N-dealkylation sites (N-methyl/N-ethyl adjacent to an activating group) is 1. The van der Waals surface area contributed by atoms with Crippen molar-refractivity contribution in [1.82, 2.24) is 19.4 Å². The Kier molecular flexibility index (Phi) is 5.11. The highest BCUT2D eigenvalue weighted by Crippen LogP contribution is 2.29. The number of imidazole rings is 1. The van der Waals surface area contributed by atoms with Gasteiger partial charge >= 0.3 is 0 Å². The normalized spacial score (nSPS) is 15.7. The van der Waals surface area contributed by atoms with Gasteiger partial charge in [0.2, 0.25) is 0 Å². The topological polar surface area (TPSA) is 61.0 Å². The van der Waals surface area contributed by atoms with Gasteiger partial charge in [-0.05, 0) is 39.1 Å². The van der Waals surface area contributed by atoms with Crippen LogP contribution in [0.15, 0.2) is 30.7 Å². The molecule has 0 spiro atoms. The lowest BCUT2D eigenvalue weighted by molar-refractivity contribution is 0.372. The van der Waals surface area contributed by atoms with E-state index in [9.17, 15) is 0 Å². The number of anilines is 1. The minimum absolute atomic E-state index is 0.511. The summed E-state index contributed by atoms with van der Waals surface area (Å²) < 4.78 is 2.29. The van der Waals surface area contributed by atoms with Crippen LogP contribution < -0.4 is 4.90 Å². The average Bonchev–Trinajstić information content (AvgIpc) is 3.09. The SMILES string of the molecule is CN(C)CCn1ccnc1C1CCN(c2ccc(C#N)cn2)CC1. The lowest BCUT2D eigenvalue weighted by Gasteiger charge is -2.32. The lowest BCUT2D eigenvalue weighted by Crippen LogP contribution is -2.34. The standard InChI is InChI=1S/C18H24N6/c1-22(2)11-12-24-10-7-20-18(24)16-5-8-23(9-6-16)17-4-3-15(13-19)14-21-17/h3-4,7,10,14,16H,5-6,8-9,11-12H2,1-2H3. The zero-order valence-electron chi connectivity index (χ0n) is 14.4. The Morgan fingerprint density at radius 1 is 1.25 bits per heavy atom. The van der Waals surface area contributed by atoms with Gasteiger partial charge in [0, 0.05) is 50.7 Å². The summed E-state index contributed by atoms with van der Waals surface area (Å²) in [4.78, 5) is 13.5. The van der Waals surface area contributed by atoms with E-state index in [-0.39, 0.29) is 0 Å². The number of nitriles is 1. The zero-order valence-corrected chi connectivity index (χ0v) is 14.4. The Morgan fingerprint density at radius 2 is 2.04 bits per heavy atom. The van der Waals surface area contributed by atoms with E-state index in [4.69, 9.17) is 5.26 Å². The van der Waals surface area contributed by atoms with E-state index in [1.165, 1.54) is 5.82 Å². The van der Waals surface area contributed by atoms with Crippen molar-refractivity contribution in [2.24, 2.45) is 0 Å². The number of pyridine rings is 1. The van der Waals surface area contributed by atoms with Crippen LogP contribution in [0.4, 0.5) is 5.82 Å². The molecule has 126 valence electrons. The second-order valence-corrected chi connectivity index (χ2v) is 6.56. The van der Waals surface area contributed by atoms with Gasteiger partial charge in [-0.2, -0.15) is 5.26 Å². The Bertz CT molecular complexity index is 689. The third-order valence-electron chi connectivity index (χ3n) is 4.60. The molecule has 2 aromatic heterocycles. The third kappa shape index (κ3) is 3.74. The Hall–Kier alpha value is -2.39. The van der Waals surface area contributed by atoms with Gasteiger partial charge in [0.05, 0.1) is 5.56 Å². The molecule has 0 unspecified atom stereocenters. The van der Waals surface area contributed by atoms with Crippen LogP contribution in [0.3, 0.4) is 0 Å². The fourth-order valence-electron chi connectivity index (χ4n) is 3.18. The summed E-state index contributed by atoms with van der Waals surface area (Å²) in [5.74, 6) is 2.68. The molecular weight excluding hydrogens is 300 g/mol. The fourth-order valence-corrected chi connectivity index (χ4v) is 3.18. The summed E-state index contributed by atoms with van der Waals surface area (Å²) >= 11 is 0. The summed E-state index contributed by atoms with van der Waals surface area (Å²) in [6.07, 6.45) is 7.82. The van der Waals surface area contributed by atoms with Crippen molar-refractivity contribution in [3.8, 4) is 6.07 Å². The van der Waals surface area contributed by atoms with E-state index in [0.29, 0.717) is 11.5 Å². The van der Waals surface area contributed by atoms with Gasteiger partial charge in [-0.25, -0.2) is 9.97 Å². The molecule has 0 N–H and O–H groups in total. The molecule has 6 heteroatoms. The van der Waals surface area contributed by atoms with Crippen LogP contribution >= 0.6 is 0 Å². The van der Waals surface area contributed by atoms with E-state index in [0.717, 1.165) is 44.8 Å². The van der Waals surface area contributed by atoms with Gasteiger partial charge in [0.15, 0.2) is 0 Å². The molecule has 24 heavy (non-hydrogen) atoms. The van der Waals surface area contributed by atoms with E-state index >= 15 is 0 Å². The molecule has 2 aromatic rings. The van der Waals surface area contributed by atoms with E-state index < -0.39 is 0 Å². The predicted octanol–water partition coefficient (Wildman–Crippen LogP) is 2.10.